The molecule has 112 valence electrons. The monoisotopic (exact) mass is 306 g/mol. The lowest BCUT2D eigenvalue weighted by Gasteiger charge is -2.22. The highest BCUT2D eigenvalue weighted by Crippen LogP contribution is 2.35. The van der Waals surface area contributed by atoms with E-state index in [0.29, 0.717) is 22.3 Å². The molecule has 1 heterocycles. The zero-order valence-electron chi connectivity index (χ0n) is 12.5. The van der Waals surface area contributed by atoms with Gasteiger partial charge in [-0.2, -0.15) is 0 Å². The van der Waals surface area contributed by atoms with Crippen molar-refractivity contribution in [3.63, 3.8) is 0 Å². The summed E-state index contributed by atoms with van der Waals surface area (Å²) in [4.78, 5) is 12.2. The molecule has 1 aromatic carbocycles. The molecule has 0 spiro atoms. The molecule has 21 heavy (non-hydrogen) atoms. The maximum atomic E-state index is 12.2. The Morgan fingerprint density at radius 2 is 2.10 bits per heavy atom. The van der Waals surface area contributed by atoms with Crippen molar-refractivity contribution >= 4 is 22.6 Å². The molecule has 0 saturated carbocycles. The molecule has 0 aliphatic heterocycles. The van der Waals surface area contributed by atoms with E-state index in [4.69, 9.17) is 20.8 Å². The molecule has 1 aromatic heterocycles. The lowest BCUT2D eigenvalue weighted by Crippen LogP contribution is -2.20. The Morgan fingerprint density at radius 1 is 1.33 bits per heavy atom. The first-order valence-corrected chi connectivity index (χ1v) is 7.78. The Balaban J connectivity index is 2.23. The van der Waals surface area contributed by atoms with Gasteiger partial charge in [0.05, 0.1) is 11.1 Å². The van der Waals surface area contributed by atoms with Crippen molar-refractivity contribution < 1.29 is 9.15 Å². The zero-order chi connectivity index (χ0) is 15.1. The van der Waals surface area contributed by atoms with Gasteiger partial charge >= 0.3 is 5.63 Å². The first kappa shape index (κ1) is 14.5. The normalized spacial score (nSPS) is 18.0. The molecule has 1 aliphatic rings. The van der Waals surface area contributed by atoms with Crippen LogP contribution in [-0.2, 0) is 12.8 Å². The van der Waals surface area contributed by atoms with Gasteiger partial charge in [-0.05, 0) is 50.7 Å². The number of hydrogen-bond donors (Lipinski definition) is 0. The van der Waals surface area contributed by atoms with Crippen LogP contribution in [0.3, 0.4) is 0 Å². The third kappa shape index (κ3) is 2.67. The Hall–Kier alpha value is -1.48. The van der Waals surface area contributed by atoms with Gasteiger partial charge in [-0.25, -0.2) is 4.79 Å². The Morgan fingerprint density at radius 3 is 2.81 bits per heavy atom. The average Bonchev–Trinajstić information content (AvgIpc) is 2.40. The molecule has 1 unspecified atom stereocenters. The second-order valence-electron chi connectivity index (χ2n) is 6.14. The van der Waals surface area contributed by atoms with Crippen LogP contribution in [0.25, 0.3) is 11.0 Å². The SMILES string of the molecule is CC1CCc2c(c3cc(Cl)c(OC(C)C)cc3oc2=O)C1. The minimum atomic E-state index is -0.220. The van der Waals surface area contributed by atoms with Gasteiger partial charge in [0.15, 0.2) is 0 Å². The Kier molecular flexibility index (Phi) is 3.70. The predicted octanol–water partition coefficient (Wildman–Crippen LogP) is 4.36. The van der Waals surface area contributed by atoms with Crippen LogP contribution in [0.15, 0.2) is 21.3 Å². The van der Waals surface area contributed by atoms with Crippen LogP contribution >= 0.6 is 11.6 Å². The van der Waals surface area contributed by atoms with Crippen molar-refractivity contribution in [3.05, 3.63) is 38.7 Å². The number of hydrogen-bond acceptors (Lipinski definition) is 3. The highest BCUT2D eigenvalue weighted by atomic mass is 35.5. The standard InChI is InChI=1S/C17H19ClO3/c1-9(2)20-16-8-15-13(7-14(16)18)12-6-10(3)4-5-11(12)17(19)21-15/h7-10H,4-6H2,1-3H3. The van der Waals surface area contributed by atoms with Crippen LogP contribution in [0.5, 0.6) is 5.75 Å². The smallest absolute Gasteiger partial charge is 0.339 e. The van der Waals surface area contributed by atoms with E-state index in [-0.39, 0.29) is 11.7 Å². The van der Waals surface area contributed by atoms with E-state index in [1.54, 1.807) is 6.07 Å². The summed E-state index contributed by atoms with van der Waals surface area (Å²) >= 11 is 6.32. The van der Waals surface area contributed by atoms with Gasteiger partial charge in [-0.1, -0.05) is 18.5 Å². The third-order valence-electron chi connectivity index (χ3n) is 3.97. The van der Waals surface area contributed by atoms with Crippen molar-refractivity contribution in [2.24, 2.45) is 5.92 Å². The van der Waals surface area contributed by atoms with Gasteiger partial charge in [0.2, 0.25) is 0 Å². The Labute approximate surface area is 128 Å². The van der Waals surface area contributed by atoms with Gasteiger partial charge in [-0.3, -0.25) is 0 Å². The molecule has 0 amide bonds. The molecular formula is C17H19ClO3. The number of rotatable bonds is 2. The molecule has 0 fully saturated rings. The molecule has 2 aromatic rings. The molecule has 4 heteroatoms. The lowest BCUT2D eigenvalue weighted by molar-refractivity contribution is 0.242. The number of ether oxygens (including phenoxy) is 1. The fourth-order valence-electron chi connectivity index (χ4n) is 2.97. The Bertz CT molecular complexity index is 746. The van der Waals surface area contributed by atoms with Crippen molar-refractivity contribution in [1.82, 2.24) is 0 Å². The average molecular weight is 307 g/mol. The molecule has 3 rings (SSSR count). The topological polar surface area (TPSA) is 39.4 Å². The molecule has 0 saturated heterocycles. The van der Waals surface area contributed by atoms with Crippen LogP contribution in [0.1, 0.15) is 38.3 Å². The van der Waals surface area contributed by atoms with Crippen molar-refractivity contribution in [3.8, 4) is 5.75 Å². The van der Waals surface area contributed by atoms with E-state index in [1.165, 1.54) is 0 Å². The van der Waals surface area contributed by atoms with E-state index in [0.717, 1.165) is 35.8 Å². The summed E-state index contributed by atoms with van der Waals surface area (Å²) in [5.41, 5.74) is 2.25. The first-order chi connectivity index (χ1) is 9.95. The van der Waals surface area contributed by atoms with Crippen molar-refractivity contribution in [2.45, 2.75) is 46.1 Å². The maximum absolute atomic E-state index is 12.2. The molecular weight excluding hydrogens is 288 g/mol. The van der Waals surface area contributed by atoms with E-state index in [1.807, 2.05) is 19.9 Å². The third-order valence-corrected chi connectivity index (χ3v) is 4.27. The van der Waals surface area contributed by atoms with E-state index >= 15 is 0 Å². The predicted molar refractivity (Wildman–Crippen MR) is 84.4 cm³/mol. The zero-order valence-corrected chi connectivity index (χ0v) is 13.3. The molecule has 0 N–H and O–H groups in total. The van der Waals surface area contributed by atoms with Gasteiger partial charge in [0, 0.05) is 17.0 Å². The van der Waals surface area contributed by atoms with Crippen LogP contribution < -0.4 is 10.4 Å². The summed E-state index contributed by atoms with van der Waals surface area (Å²) in [5.74, 6) is 1.14. The fraction of sp³-hybridized carbons (Fsp3) is 0.471. The van der Waals surface area contributed by atoms with Gasteiger partial charge in [-0.15, -0.1) is 0 Å². The lowest BCUT2D eigenvalue weighted by atomic mass is 9.84. The highest BCUT2D eigenvalue weighted by Gasteiger charge is 2.23. The van der Waals surface area contributed by atoms with Gasteiger partial charge in [0.1, 0.15) is 11.3 Å². The van der Waals surface area contributed by atoms with Crippen molar-refractivity contribution in [1.29, 1.82) is 0 Å². The summed E-state index contributed by atoms with van der Waals surface area (Å²) < 4.78 is 11.1. The van der Waals surface area contributed by atoms with Crippen molar-refractivity contribution in [2.75, 3.05) is 0 Å². The maximum Gasteiger partial charge on any atom is 0.339 e. The fourth-order valence-corrected chi connectivity index (χ4v) is 3.18. The van der Waals surface area contributed by atoms with E-state index in [9.17, 15) is 4.79 Å². The molecule has 0 radical (unpaired) electrons. The van der Waals surface area contributed by atoms with E-state index in [2.05, 4.69) is 6.92 Å². The minimum absolute atomic E-state index is 0.0179. The summed E-state index contributed by atoms with van der Waals surface area (Å²) in [6, 6.07) is 3.60. The van der Waals surface area contributed by atoms with Crippen LogP contribution in [0.4, 0.5) is 0 Å². The summed E-state index contributed by atoms with van der Waals surface area (Å²) in [7, 11) is 0. The summed E-state index contributed by atoms with van der Waals surface area (Å²) in [5, 5.41) is 1.50. The molecule has 0 bridgehead atoms. The quantitative estimate of drug-likeness (QED) is 0.774. The molecule has 3 nitrogen and oxygen atoms in total. The first-order valence-electron chi connectivity index (χ1n) is 7.40. The van der Waals surface area contributed by atoms with Crippen LogP contribution in [0, 0.1) is 5.92 Å². The summed E-state index contributed by atoms with van der Waals surface area (Å²) in [6.07, 6.45) is 2.74. The second kappa shape index (κ2) is 5.38. The minimum Gasteiger partial charge on any atom is -0.489 e. The number of halogens is 1. The van der Waals surface area contributed by atoms with Gasteiger partial charge in [0.25, 0.3) is 0 Å². The second-order valence-corrected chi connectivity index (χ2v) is 6.55. The number of benzene rings is 1. The van der Waals surface area contributed by atoms with Gasteiger partial charge < -0.3 is 9.15 Å². The highest BCUT2D eigenvalue weighted by molar-refractivity contribution is 6.32. The van der Waals surface area contributed by atoms with E-state index < -0.39 is 0 Å². The molecule has 1 atom stereocenters. The van der Waals surface area contributed by atoms with Crippen LogP contribution in [-0.4, -0.2) is 6.10 Å². The van der Waals surface area contributed by atoms with Crippen LogP contribution in [0.2, 0.25) is 5.02 Å². The number of fused-ring (bicyclic) bond motifs is 3. The summed E-state index contributed by atoms with van der Waals surface area (Å²) in [6.45, 7) is 6.08. The largest absolute Gasteiger partial charge is 0.489 e. The molecule has 1 aliphatic carbocycles.